The van der Waals surface area contributed by atoms with Gasteiger partial charge < -0.3 is 21.7 Å². The molecule has 6 N–H and O–H groups in total. The molecule has 0 heterocycles. The van der Waals surface area contributed by atoms with Crippen molar-refractivity contribution in [2.45, 2.75) is 63.6 Å². The fourth-order valence-electron chi connectivity index (χ4n) is 2.95. The minimum Gasteiger partial charge on any atom is -0.393 e. The third-order valence-electron chi connectivity index (χ3n) is 4.18. The van der Waals surface area contributed by atoms with Crippen LogP contribution in [0.1, 0.15) is 51.4 Å². The highest BCUT2D eigenvalue weighted by molar-refractivity contribution is 4.72. The lowest BCUT2D eigenvalue weighted by atomic mass is 9.87. The summed E-state index contributed by atoms with van der Waals surface area (Å²) < 4.78 is 0. The van der Waals surface area contributed by atoms with Gasteiger partial charge in [-0.25, -0.2) is 0 Å². The van der Waals surface area contributed by atoms with E-state index in [1.807, 2.05) is 0 Å². The predicted molar refractivity (Wildman–Crippen MR) is 74.0 cm³/mol. The summed E-state index contributed by atoms with van der Waals surface area (Å²) in [6.07, 6.45) is 8.44. The summed E-state index contributed by atoms with van der Waals surface area (Å²) in [5.41, 5.74) is 10.9. The Labute approximate surface area is 111 Å². The van der Waals surface area contributed by atoms with Crippen molar-refractivity contribution in [2.75, 3.05) is 13.1 Å². The molecule has 4 heteroatoms. The number of aliphatic hydroxyl groups is 2. The fraction of sp³-hybridized carbons (Fsp3) is 1.00. The highest BCUT2D eigenvalue weighted by Gasteiger charge is 2.18. The van der Waals surface area contributed by atoms with E-state index in [0.29, 0.717) is 11.8 Å². The van der Waals surface area contributed by atoms with Crippen LogP contribution in [0.2, 0.25) is 0 Å². The van der Waals surface area contributed by atoms with Gasteiger partial charge in [0, 0.05) is 0 Å². The van der Waals surface area contributed by atoms with E-state index in [9.17, 15) is 0 Å². The first-order valence-electron chi connectivity index (χ1n) is 7.42. The number of rotatable bonds is 2. The number of nitrogens with two attached hydrogens (primary N) is 2. The van der Waals surface area contributed by atoms with Gasteiger partial charge in [0.15, 0.2) is 0 Å². The molecule has 0 unspecified atom stereocenters. The summed E-state index contributed by atoms with van der Waals surface area (Å²) in [5.74, 6) is 1.18. The zero-order valence-corrected chi connectivity index (χ0v) is 11.4. The molecule has 0 aromatic carbocycles. The molecular weight excluding hydrogens is 228 g/mol. The van der Waals surface area contributed by atoms with Crippen LogP contribution in [0, 0.1) is 11.8 Å². The van der Waals surface area contributed by atoms with Crippen molar-refractivity contribution >= 4 is 0 Å². The molecule has 0 aromatic heterocycles. The van der Waals surface area contributed by atoms with Crippen LogP contribution >= 0.6 is 0 Å². The lowest BCUT2D eigenvalue weighted by molar-refractivity contribution is 0.103. The van der Waals surface area contributed by atoms with E-state index in [4.69, 9.17) is 21.7 Å². The van der Waals surface area contributed by atoms with Gasteiger partial charge in [0.25, 0.3) is 0 Å². The van der Waals surface area contributed by atoms with E-state index < -0.39 is 0 Å². The first kappa shape index (κ1) is 15.9. The van der Waals surface area contributed by atoms with Crippen molar-refractivity contribution in [1.29, 1.82) is 0 Å². The van der Waals surface area contributed by atoms with E-state index in [1.165, 1.54) is 12.8 Å². The van der Waals surface area contributed by atoms with E-state index >= 15 is 0 Å². The van der Waals surface area contributed by atoms with Gasteiger partial charge in [0.2, 0.25) is 0 Å². The van der Waals surface area contributed by atoms with Crippen molar-refractivity contribution in [2.24, 2.45) is 23.3 Å². The maximum atomic E-state index is 9.16. The van der Waals surface area contributed by atoms with Gasteiger partial charge in [0.1, 0.15) is 0 Å². The molecule has 0 aromatic rings. The van der Waals surface area contributed by atoms with Gasteiger partial charge in [-0.05, 0) is 63.5 Å². The topological polar surface area (TPSA) is 92.5 Å². The summed E-state index contributed by atoms with van der Waals surface area (Å²) in [7, 11) is 0. The molecule has 0 radical (unpaired) electrons. The zero-order valence-electron chi connectivity index (χ0n) is 11.4. The predicted octanol–water partition coefficient (Wildman–Crippen LogP) is 0.992. The van der Waals surface area contributed by atoms with Gasteiger partial charge in [-0.2, -0.15) is 0 Å². The van der Waals surface area contributed by atoms with Crippen molar-refractivity contribution < 1.29 is 10.2 Å². The molecular formula is C14H30N2O2. The van der Waals surface area contributed by atoms with Gasteiger partial charge in [-0.15, -0.1) is 0 Å². The second kappa shape index (κ2) is 8.86. The molecule has 2 aliphatic rings. The van der Waals surface area contributed by atoms with E-state index in [0.717, 1.165) is 51.6 Å². The Morgan fingerprint density at radius 1 is 0.722 bits per heavy atom. The van der Waals surface area contributed by atoms with Gasteiger partial charge in [0.05, 0.1) is 12.2 Å². The molecule has 4 atom stereocenters. The largest absolute Gasteiger partial charge is 0.393 e. The zero-order chi connectivity index (χ0) is 13.4. The van der Waals surface area contributed by atoms with Crippen LogP contribution < -0.4 is 11.5 Å². The van der Waals surface area contributed by atoms with Crippen LogP contribution in [0.5, 0.6) is 0 Å². The van der Waals surface area contributed by atoms with Crippen LogP contribution in [0.4, 0.5) is 0 Å². The summed E-state index contributed by atoms with van der Waals surface area (Å²) in [5, 5.41) is 18.3. The lowest BCUT2D eigenvalue weighted by Gasteiger charge is -2.24. The van der Waals surface area contributed by atoms with E-state index in [1.54, 1.807) is 0 Å². The Balaban J connectivity index is 0.000000180. The summed E-state index contributed by atoms with van der Waals surface area (Å²) in [6.45, 7) is 1.49. The SMILES string of the molecule is NC[C@@H]1CCC[C@H](O)C1.NC[C@H]1CCC[C@@H](O)C1. The Kier molecular flexibility index (Phi) is 7.82. The third kappa shape index (κ3) is 6.14. The first-order chi connectivity index (χ1) is 8.65. The molecule has 0 amide bonds. The summed E-state index contributed by atoms with van der Waals surface area (Å²) in [6, 6.07) is 0. The van der Waals surface area contributed by atoms with E-state index in [2.05, 4.69) is 0 Å². The first-order valence-corrected chi connectivity index (χ1v) is 7.42. The van der Waals surface area contributed by atoms with E-state index in [-0.39, 0.29) is 12.2 Å². The van der Waals surface area contributed by atoms with Gasteiger partial charge in [-0.1, -0.05) is 12.8 Å². The maximum Gasteiger partial charge on any atom is 0.0543 e. The number of aliphatic hydroxyl groups excluding tert-OH is 2. The lowest BCUT2D eigenvalue weighted by Crippen LogP contribution is -2.25. The number of hydrogen-bond acceptors (Lipinski definition) is 4. The standard InChI is InChI=1S/2C7H15NO/c2*8-5-6-2-1-3-7(9)4-6/h2*6-7,9H,1-5,8H2/t2*6-,7+/m10/s1. The second-order valence-electron chi connectivity index (χ2n) is 5.84. The molecule has 0 bridgehead atoms. The Hall–Kier alpha value is -0.160. The smallest absolute Gasteiger partial charge is 0.0543 e. The van der Waals surface area contributed by atoms with Crippen LogP contribution in [0.3, 0.4) is 0 Å². The van der Waals surface area contributed by atoms with Gasteiger partial charge >= 0.3 is 0 Å². The summed E-state index contributed by atoms with van der Waals surface area (Å²) in [4.78, 5) is 0. The molecule has 0 aliphatic heterocycles. The molecule has 108 valence electrons. The minimum atomic E-state index is -0.0627. The average Bonchev–Trinajstić information content (AvgIpc) is 2.39. The molecule has 4 nitrogen and oxygen atoms in total. The molecule has 0 spiro atoms. The molecule has 2 fully saturated rings. The van der Waals surface area contributed by atoms with Crippen molar-refractivity contribution in [3.8, 4) is 0 Å². The number of hydrogen-bond donors (Lipinski definition) is 4. The third-order valence-corrected chi connectivity index (χ3v) is 4.18. The quantitative estimate of drug-likeness (QED) is 0.594. The molecule has 2 saturated carbocycles. The highest BCUT2D eigenvalue weighted by Crippen LogP contribution is 2.23. The van der Waals surface area contributed by atoms with Gasteiger partial charge in [-0.3, -0.25) is 0 Å². The molecule has 2 aliphatic carbocycles. The highest BCUT2D eigenvalue weighted by atomic mass is 16.3. The monoisotopic (exact) mass is 258 g/mol. The normalized spacial score (nSPS) is 36.7. The van der Waals surface area contributed by atoms with Crippen LogP contribution in [0.15, 0.2) is 0 Å². The molecule has 0 saturated heterocycles. The Morgan fingerprint density at radius 3 is 1.33 bits per heavy atom. The average molecular weight is 258 g/mol. The van der Waals surface area contributed by atoms with Crippen molar-refractivity contribution in [3.05, 3.63) is 0 Å². The fourth-order valence-corrected chi connectivity index (χ4v) is 2.95. The van der Waals surface area contributed by atoms with Crippen molar-refractivity contribution in [1.82, 2.24) is 0 Å². The van der Waals surface area contributed by atoms with Crippen LogP contribution in [-0.4, -0.2) is 35.5 Å². The molecule has 2 rings (SSSR count). The molecule has 18 heavy (non-hydrogen) atoms. The van der Waals surface area contributed by atoms with Crippen LogP contribution in [0.25, 0.3) is 0 Å². The summed E-state index contributed by atoms with van der Waals surface area (Å²) >= 11 is 0. The minimum absolute atomic E-state index is 0.0627. The van der Waals surface area contributed by atoms with Crippen LogP contribution in [-0.2, 0) is 0 Å². The second-order valence-corrected chi connectivity index (χ2v) is 5.84. The Morgan fingerprint density at radius 2 is 1.11 bits per heavy atom. The Bertz CT molecular complexity index is 192. The van der Waals surface area contributed by atoms with Crippen molar-refractivity contribution in [3.63, 3.8) is 0 Å². The maximum absolute atomic E-state index is 9.16.